The second-order valence-corrected chi connectivity index (χ2v) is 6.18. The molecule has 2 fully saturated rings. The van der Waals surface area contributed by atoms with Gasteiger partial charge in [0.25, 0.3) is 0 Å². The van der Waals surface area contributed by atoms with E-state index in [1.807, 2.05) is 18.0 Å². The summed E-state index contributed by atoms with van der Waals surface area (Å²) in [7, 11) is 1.89. The van der Waals surface area contributed by atoms with E-state index in [0.717, 1.165) is 32.8 Å². The molecule has 0 N–H and O–H groups in total. The molecule has 2 heterocycles. The van der Waals surface area contributed by atoms with Crippen molar-refractivity contribution in [1.82, 2.24) is 9.80 Å². The van der Waals surface area contributed by atoms with Gasteiger partial charge in [0.1, 0.15) is 0 Å². The molecule has 1 spiro atoms. The zero-order chi connectivity index (χ0) is 14.0. The Morgan fingerprint density at radius 1 is 1.25 bits per heavy atom. The molecular weight excluding hydrogens is 252 g/mol. The summed E-state index contributed by atoms with van der Waals surface area (Å²) in [6.45, 7) is 5.09. The number of amides is 1. The average molecular weight is 274 g/mol. The summed E-state index contributed by atoms with van der Waals surface area (Å²) in [5.74, 6) is 0.246. The maximum atomic E-state index is 11.9. The normalized spacial score (nSPS) is 28.1. The smallest absolute Gasteiger partial charge is 0.223 e. The number of hydrogen-bond donors (Lipinski definition) is 0. The van der Waals surface area contributed by atoms with Gasteiger partial charge in [-0.05, 0) is 5.56 Å². The molecule has 108 valence electrons. The van der Waals surface area contributed by atoms with Crippen LogP contribution in [0, 0.1) is 5.41 Å². The number of carbonyl (C=O) groups is 1. The van der Waals surface area contributed by atoms with Crippen LogP contribution in [0.2, 0.25) is 0 Å². The van der Waals surface area contributed by atoms with Crippen molar-refractivity contribution >= 4 is 5.91 Å². The van der Waals surface area contributed by atoms with Crippen LogP contribution in [0.1, 0.15) is 12.0 Å². The van der Waals surface area contributed by atoms with Gasteiger partial charge in [-0.1, -0.05) is 30.3 Å². The first-order valence-electron chi connectivity index (χ1n) is 7.25. The predicted molar refractivity (Wildman–Crippen MR) is 77.2 cm³/mol. The molecule has 1 amide bonds. The molecular formula is C16H22N2O2. The molecule has 0 radical (unpaired) electrons. The molecule has 0 bridgehead atoms. The van der Waals surface area contributed by atoms with Crippen molar-refractivity contribution in [3.8, 4) is 0 Å². The number of benzene rings is 1. The van der Waals surface area contributed by atoms with Gasteiger partial charge in [0.15, 0.2) is 0 Å². The van der Waals surface area contributed by atoms with E-state index in [4.69, 9.17) is 4.74 Å². The minimum absolute atomic E-state index is 0.0168. The van der Waals surface area contributed by atoms with Crippen molar-refractivity contribution in [2.75, 3.05) is 39.9 Å². The van der Waals surface area contributed by atoms with Crippen molar-refractivity contribution in [1.29, 1.82) is 0 Å². The molecule has 1 aromatic carbocycles. The molecule has 3 rings (SSSR count). The Labute approximate surface area is 120 Å². The maximum Gasteiger partial charge on any atom is 0.223 e. The SMILES string of the molecule is CN1C[C@@]2(COCCN(Cc3ccccc3)C2)CC1=O. The van der Waals surface area contributed by atoms with E-state index in [2.05, 4.69) is 29.2 Å². The monoisotopic (exact) mass is 274 g/mol. The fourth-order valence-corrected chi connectivity index (χ4v) is 3.36. The van der Waals surface area contributed by atoms with Crippen molar-refractivity contribution in [2.45, 2.75) is 13.0 Å². The summed E-state index contributed by atoms with van der Waals surface area (Å²) in [6.07, 6.45) is 0.620. The topological polar surface area (TPSA) is 32.8 Å². The molecule has 0 aliphatic carbocycles. The Morgan fingerprint density at radius 2 is 2.05 bits per heavy atom. The lowest BCUT2D eigenvalue weighted by atomic mass is 9.87. The molecule has 0 aromatic heterocycles. The summed E-state index contributed by atoms with van der Waals surface area (Å²) < 4.78 is 5.78. The van der Waals surface area contributed by atoms with E-state index < -0.39 is 0 Å². The third kappa shape index (κ3) is 2.86. The first kappa shape index (κ1) is 13.6. The minimum Gasteiger partial charge on any atom is -0.379 e. The fraction of sp³-hybridized carbons (Fsp3) is 0.562. The summed E-state index contributed by atoms with van der Waals surface area (Å²) >= 11 is 0. The van der Waals surface area contributed by atoms with Crippen LogP contribution >= 0.6 is 0 Å². The third-order valence-electron chi connectivity index (χ3n) is 4.29. The van der Waals surface area contributed by atoms with Crippen LogP contribution in [-0.2, 0) is 16.1 Å². The zero-order valence-corrected chi connectivity index (χ0v) is 12.0. The third-order valence-corrected chi connectivity index (χ3v) is 4.29. The van der Waals surface area contributed by atoms with Crippen LogP contribution in [-0.4, -0.2) is 55.6 Å². The average Bonchev–Trinajstić information content (AvgIpc) is 2.60. The summed E-state index contributed by atoms with van der Waals surface area (Å²) in [5, 5.41) is 0. The van der Waals surface area contributed by atoms with Gasteiger partial charge in [0.05, 0.1) is 13.2 Å². The molecule has 0 unspecified atom stereocenters. The lowest BCUT2D eigenvalue weighted by Gasteiger charge is -2.30. The molecule has 2 aliphatic heterocycles. The van der Waals surface area contributed by atoms with Crippen molar-refractivity contribution in [2.24, 2.45) is 5.41 Å². The molecule has 2 aliphatic rings. The number of hydrogen-bond acceptors (Lipinski definition) is 3. The highest BCUT2D eigenvalue weighted by atomic mass is 16.5. The van der Waals surface area contributed by atoms with Crippen molar-refractivity contribution in [3.05, 3.63) is 35.9 Å². The van der Waals surface area contributed by atoms with Gasteiger partial charge in [0, 0.05) is 45.1 Å². The number of ether oxygens (including phenoxy) is 1. The maximum absolute atomic E-state index is 11.9. The van der Waals surface area contributed by atoms with E-state index in [9.17, 15) is 4.79 Å². The summed E-state index contributed by atoms with van der Waals surface area (Å²) in [4.78, 5) is 16.1. The summed E-state index contributed by atoms with van der Waals surface area (Å²) in [6, 6.07) is 10.5. The van der Waals surface area contributed by atoms with Gasteiger partial charge in [0.2, 0.25) is 5.91 Å². The predicted octanol–water partition coefficient (Wildman–Crippen LogP) is 1.37. The van der Waals surface area contributed by atoms with Crippen LogP contribution in [0.4, 0.5) is 0 Å². The van der Waals surface area contributed by atoms with Crippen LogP contribution in [0.5, 0.6) is 0 Å². The van der Waals surface area contributed by atoms with E-state index in [-0.39, 0.29) is 11.3 Å². The molecule has 0 saturated carbocycles. The Morgan fingerprint density at radius 3 is 2.75 bits per heavy atom. The summed E-state index contributed by atoms with van der Waals surface area (Å²) in [5.41, 5.74) is 1.30. The number of rotatable bonds is 2. The first-order valence-corrected chi connectivity index (χ1v) is 7.25. The van der Waals surface area contributed by atoms with Crippen LogP contribution in [0.25, 0.3) is 0 Å². The lowest BCUT2D eigenvalue weighted by Crippen LogP contribution is -2.40. The zero-order valence-electron chi connectivity index (χ0n) is 12.0. The molecule has 4 heteroatoms. The Kier molecular flexibility index (Phi) is 3.76. The van der Waals surface area contributed by atoms with Gasteiger partial charge in [-0.2, -0.15) is 0 Å². The van der Waals surface area contributed by atoms with Gasteiger partial charge >= 0.3 is 0 Å². The van der Waals surface area contributed by atoms with Gasteiger partial charge in [-0.25, -0.2) is 0 Å². The number of likely N-dealkylation sites (tertiary alicyclic amines) is 1. The lowest BCUT2D eigenvalue weighted by molar-refractivity contribution is -0.126. The van der Waals surface area contributed by atoms with E-state index in [0.29, 0.717) is 13.0 Å². The van der Waals surface area contributed by atoms with Gasteiger partial charge < -0.3 is 9.64 Å². The largest absolute Gasteiger partial charge is 0.379 e. The van der Waals surface area contributed by atoms with Crippen LogP contribution < -0.4 is 0 Å². The highest BCUT2D eigenvalue weighted by molar-refractivity contribution is 5.79. The van der Waals surface area contributed by atoms with Gasteiger partial charge in [-0.3, -0.25) is 9.69 Å². The second-order valence-electron chi connectivity index (χ2n) is 6.18. The molecule has 2 saturated heterocycles. The Balaban J connectivity index is 1.71. The highest BCUT2D eigenvalue weighted by Gasteiger charge is 2.44. The molecule has 20 heavy (non-hydrogen) atoms. The van der Waals surface area contributed by atoms with Crippen molar-refractivity contribution < 1.29 is 9.53 Å². The number of carbonyl (C=O) groups excluding carboxylic acids is 1. The Hall–Kier alpha value is -1.39. The fourth-order valence-electron chi connectivity index (χ4n) is 3.36. The van der Waals surface area contributed by atoms with Crippen LogP contribution in [0.3, 0.4) is 0 Å². The van der Waals surface area contributed by atoms with E-state index >= 15 is 0 Å². The van der Waals surface area contributed by atoms with Gasteiger partial charge in [-0.15, -0.1) is 0 Å². The minimum atomic E-state index is -0.0168. The quantitative estimate of drug-likeness (QED) is 0.816. The molecule has 4 nitrogen and oxygen atoms in total. The second kappa shape index (κ2) is 5.54. The highest BCUT2D eigenvalue weighted by Crippen LogP contribution is 2.33. The molecule has 1 atom stereocenters. The standard InChI is InChI=1S/C16H22N2O2/c1-17-11-16(9-15(17)19)12-18(7-8-20-13-16)10-14-5-3-2-4-6-14/h2-6H,7-13H2,1H3/t16-/m0/s1. The number of nitrogens with zero attached hydrogens (tertiary/aromatic N) is 2. The Bertz CT molecular complexity index is 477. The first-order chi connectivity index (χ1) is 9.67. The van der Waals surface area contributed by atoms with Crippen molar-refractivity contribution in [3.63, 3.8) is 0 Å². The van der Waals surface area contributed by atoms with Crippen LogP contribution in [0.15, 0.2) is 30.3 Å². The van der Waals surface area contributed by atoms with E-state index in [1.165, 1.54) is 5.56 Å². The van der Waals surface area contributed by atoms with E-state index in [1.54, 1.807) is 0 Å². The molecule has 1 aromatic rings.